The highest BCUT2D eigenvalue weighted by Gasteiger charge is 2.53. The van der Waals surface area contributed by atoms with E-state index < -0.39 is 6.04 Å². The maximum atomic E-state index is 14.1. The molecule has 0 spiro atoms. The van der Waals surface area contributed by atoms with Crippen LogP contribution in [0.4, 0.5) is 0 Å². The summed E-state index contributed by atoms with van der Waals surface area (Å²) in [6.45, 7) is 7.50. The highest BCUT2D eigenvalue weighted by Crippen LogP contribution is 2.52. The maximum Gasteiger partial charge on any atom is 0.262 e. The zero-order chi connectivity index (χ0) is 22.7. The lowest BCUT2D eigenvalue weighted by Gasteiger charge is -2.39. The van der Waals surface area contributed by atoms with Crippen molar-refractivity contribution >= 4 is 17.7 Å². The van der Waals surface area contributed by atoms with Crippen molar-refractivity contribution in [3.63, 3.8) is 0 Å². The highest BCUT2D eigenvalue weighted by atomic mass is 16.2. The van der Waals surface area contributed by atoms with Crippen molar-refractivity contribution in [2.45, 2.75) is 58.5 Å². The molecule has 2 aromatic carbocycles. The number of imide groups is 1. The summed E-state index contributed by atoms with van der Waals surface area (Å²) in [5.41, 5.74) is 1.97. The molecule has 1 aliphatic carbocycles. The fourth-order valence-corrected chi connectivity index (χ4v) is 6.53. The molecule has 5 heteroatoms. The second-order valence-electron chi connectivity index (χ2n) is 10.9. The van der Waals surface area contributed by atoms with Gasteiger partial charge in [0, 0.05) is 19.0 Å². The molecule has 1 saturated heterocycles. The van der Waals surface area contributed by atoms with Gasteiger partial charge in [-0.25, -0.2) is 0 Å². The fraction of sp³-hybridized carbons (Fsp3) is 0.444. The first-order chi connectivity index (χ1) is 15.2. The summed E-state index contributed by atoms with van der Waals surface area (Å²) in [6.07, 6.45) is 3.35. The standard InChI is InChI=1S/C27H30N2O3/c1-26(2)14-19-15-27(3,16-26)17-28(19)25(32)22(13-18-9-5-4-6-10-18)29-23(30)20-11-7-8-12-21(20)24(29)31/h4-12,19,22H,13-17H2,1-3H3. The number of hydrogen-bond donors (Lipinski definition) is 0. The summed E-state index contributed by atoms with van der Waals surface area (Å²) >= 11 is 0. The normalized spacial score (nSPS) is 26.9. The first-order valence-corrected chi connectivity index (χ1v) is 11.5. The summed E-state index contributed by atoms with van der Waals surface area (Å²) < 4.78 is 0. The quantitative estimate of drug-likeness (QED) is 0.679. The molecule has 3 aliphatic rings. The van der Waals surface area contributed by atoms with Gasteiger partial charge in [0.25, 0.3) is 11.8 Å². The van der Waals surface area contributed by atoms with Crippen LogP contribution in [0.3, 0.4) is 0 Å². The molecule has 2 aromatic rings. The molecule has 2 aliphatic heterocycles. The van der Waals surface area contributed by atoms with Gasteiger partial charge in [0.05, 0.1) is 11.1 Å². The number of likely N-dealkylation sites (tertiary alicyclic amines) is 1. The number of carbonyl (C=O) groups excluding carboxylic acids is 3. The number of hydrogen-bond acceptors (Lipinski definition) is 3. The van der Waals surface area contributed by atoms with Gasteiger partial charge >= 0.3 is 0 Å². The van der Waals surface area contributed by atoms with E-state index in [2.05, 4.69) is 20.8 Å². The number of nitrogens with zero attached hydrogens (tertiary/aromatic N) is 2. The smallest absolute Gasteiger partial charge is 0.262 e. The van der Waals surface area contributed by atoms with E-state index in [1.54, 1.807) is 24.3 Å². The average molecular weight is 431 g/mol. The molecule has 166 valence electrons. The Bertz CT molecular complexity index is 1060. The second-order valence-corrected chi connectivity index (χ2v) is 10.9. The van der Waals surface area contributed by atoms with Crippen LogP contribution in [0.25, 0.3) is 0 Å². The lowest BCUT2D eigenvalue weighted by atomic mass is 9.65. The fourth-order valence-electron chi connectivity index (χ4n) is 6.53. The monoisotopic (exact) mass is 430 g/mol. The molecule has 2 fully saturated rings. The van der Waals surface area contributed by atoms with Gasteiger partial charge in [0.1, 0.15) is 6.04 Å². The zero-order valence-corrected chi connectivity index (χ0v) is 19.0. The van der Waals surface area contributed by atoms with E-state index in [1.165, 1.54) is 4.90 Å². The first kappa shape index (κ1) is 20.9. The van der Waals surface area contributed by atoms with Gasteiger partial charge in [-0.15, -0.1) is 0 Å². The number of benzene rings is 2. The first-order valence-electron chi connectivity index (χ1n) is 11.5. The minimum absolute atomic E-state index is 0.0847. The van der Waals surface area contributed by atoms with Crippen LogP contribution in [0.5, 0.6) is 0 Å². The third-order valence-electron chi connectivity index (χ3n) is 7.39. The molecule has 32 heavy (non-hydrogen) atoms. The molecule has 2 bridgehead atoms. The molecule has 3 amide bonds. The Balaban J connectivity index is 1.51. The molecular formula is C27H30N2O3. The lowest BCUT2D eigenvalue weighted by Crippen LogP contribution is -2.53. The zero-order valence-electron chi connectivity index (χ0n) is 19.0. The largest absolute Gasteiger partial charge is 0.337 e. The van der Waals surface area contributed by atoms with Crippen LogP contribution in [0.15, 0.2) is 54.6 Å². The van der Waals surface area contributed by atoms with Crippen LogP contribution in [0.2, 0.25) is 0 Å². The van der Waals surface area contributed by atoms with Gasteiger partial charge in [-0.1, -0.05) is 63.2 Å². The van der Waals surface area contributed by atoms with Crippen LogP contribution >= 0.6 is 0 Å². The van der Waals surface area contributed by atoms with E-state index in [0.717, 1.165) is 24.8 Å². The van der Waals surface area contributed by atoms with Gasteiger partial charge in [-0.05, 0) is 47.8 Å². The van der Waals surface area contributed by atoms with Crippen molar-refractivity contribution in [2.75, 3.05) is 6.54 Å². The molecule has 1 saturated carbocycles. The predicted molar refractivity (Wildman–Crippen MR) is 122 cm³/mol. The van der Waals surface area contributed by atoms with Gasteiger partial charge in [0.15, 0.2) is 0 Å². The van der Waals surface area contributed by atoms with Crippen molar-refractivity contribution in [2.24, 2.45) is 10.8 Å². The van der Waals surface area contributed by atoms with Crippen LogP contribution in [0, 0.1) is 10.8 Å². The molecule has 5 nitrogen and oxygen atoms in total. The summed E-state index contributed by atoms with van der Waals surface area (Å²) in [5, 5.41) is 0. The van der Waals surface area contributed by atoms with Gasteiger partial charge in [0.2, 0.25) is 5.91 Å². The van der Waals surface area contributed by atoms with Crippen molar-refractivity contribution in [3.8, 4) is 0 Å². The Morgan fingerprint density at radius 1 is 0.938 bits per heavy atom. The van der Waals surface area contributed by atoms with Crippen molar-refractivity contribution < 1.29 is 14.4 Å². The van der Waals surface area contributed by atoms with Crippen molar-refractivity contribution in [1.82, 2.24) is 9.80 Å². The number of fused-ring (bicyclic) bond motifs is 3. The molecule has 5 rings (SSSR count). The van der Waals surface area contributed by atoms with E-state index in [9.17, 15) is 14.4 Å². The topological polar surface area (TPSA) is 57.7 Å². The summed E-state index contributed by atoms with van der Waals surface area (Å²) in [5.74, 6) is -0.836. The Kier molecular flexibility index (Phi) is 4.77. The van der Waals surface area contributed by atoms with Crippen molar-refractivity contribution in [1.29, 1.82) is 0 Å². The van der Waals surface area contributed by atoms with E-state index >= 15 is 0 Å². The predicted octanol–water partition coefficient (Wildman–Crippen LogP) is 4.32. The molecule has 3 atom stereocenters. The lowest BCUT2D eigenvalue weighted by molar-refractivity contribution is -0.136. The third kappa shape index (κ3) is 3.44. The Labute approximate surface area is 189 Å². The minimum Gasteiger partial charge on any atom is -0.337 e. The molecule has 3 unspecified atom stereocenters. The summed E-state index contributed by atoms with van der Waals surface area (Å²) in [4.78, 5) is 43.8. The Hall–Kier alpha value is -2.95. The van der Waals surface area contributed by atoms with Gasteiger partial charge in [-0.2, -0.15) is 0 Å². The van der Waals surface area contributed by atoms with Crippen molar-refractivity contribution in [3.05, 3.63) is 71.3 Å². The van der Waals surface area contributed by atoms with E-state index in [-0.39, 0.29) is 34.6 Å². The Morgan fingerprint density at radius 3 is 2.16 bits per heavy atom. The van der Waals surface area contributed by atoms with E-state index in [4.69, 9.17) is 0 Å². The number of amides is 3. The highest BCUT2D eigenvalue weighted by molar-refractivity contribution is 6.22. The summed E-state index contributed by atoms with van der Waals surface area (Å²) in [6, 6.07) is 15.9. The summed E-state index contributed by atoms with van der Waals surface area (Å²) in [7, 11) is 0. The molecular weight excluding hydrogens is 400 g/mol. The molecule has 2 heterocycles. The molecule has 0 N–H and O–H groups in total. The number of carbonyl (C=O) groups is 3. The average Bonchev–Trinajstić information content (AvgIpc) is 3.15. The van der Waals surface area contributed by atoms with Crippen LogP contribution in [0.1, 0.15) is 66.3 Å². The SMILES string of the molecule is CC1(C)CC2CC(C)(CN2C(=O)C(Cc2ccccc2)N2C(=O)c3ccccc3C2=O)C1. The minimum atomic E-state index is -0.837. The van der Waals surface area contributed by atoms with E-state index in [0.29, 0.717) is 24.1 Å². The Morgan fingerprint density at radius 2 is 1.53 bits per heavy atom. The third-order valence-corrected chi connectivity index (χ3v) is 7.39. The van der Waals surface area contributed by atoms with Crippen LogP contribution in [-0.2, 0) is 11.2 Å². The number of rotatable bonds is 4. The van der Waals surface area contributed by atoms with Crippen LogP contribution in [-0.4, -0.2) is 46.1 Å². The van der Waals surface area contributed by atoms with Gasteiger partial charge < -0.3 is 4.90 Å². The van der Waals surface area contributed by atoms with Gasteiger partial charge in [-0.3, -0.25) is 19.3 Å². The second kappa shape index (κ2) is 7.29. The van der Waals surface area contributed by atoms with Crippen LogP contribution < -0.4 is 0 Å². The van der Waals surface area contributed by atoms with E-state index in [1.807, 2.05) is 35.2 Å². The molecule has 0 aromatic heterocycles. The maximum absolute atomic E-state index is 14.1. The molecule has 0 radical (unpaired) electrons.